The second kappa shape index (κ2) is 8.53. The highest BCUT2D eigenvalue weighted by Crippen LogP contribution is 2.14. The number of hydrogen-bond acceptors (Lipinski definition) is 3. The third-order valence-corrected chi connectivity index (χ3v) is 2.83. The Morgan fingerprint density at radius 2 is 1.89 bits per heavy atom. The normalized spacial score (nSPS) is 10.3. The second-order valence-corrected chi connectivity index (χ2v) is 4.39. The lowest BCUT2D eigenvalue weighted by molar-refractivity contribution is 0.0754. The van der Waals surface area contributed by atoms with Gasteiger partial charge in [-0.15, -0.1) is 0 Å². The molecule has 0 saturated carbocycles. The number of nitrogens with zero attached hydrogens (tertiary/aromatic N) is 1. The lowest BCUT2D eigenvalue weighted by Crippen LogP contribution is -2.33. The van der Waals surface area contributed by atoms with Crippen LogP contribution >= 0.6 is 0 Å². The lowest BCUT2D eigenvalue weighted by atomic mass is 10.2. The van der Waals surface area contributed by atoms with Crippen molar-refractivity contribution in [3.63, 3.8) is 0 Å². The molecule has 0 aliphatic carbocycles. The highest BCUT2D eigenvalue weighted by atomic mass is 16.5. The van der Waals surface area contributed by atoms with Crippen LogP contribution in [0.3, 0.4) is 0 Å². The molecule has 0 aromatic heterocycles. The Balaban J connectivity index is 2.71. The Morgan fingerprint density at radius 1 is 1.21 bits per heavy atom. The van der Waals surface area contributed by atoms with E-state index < -0.39 is 0 Å². The number of ether oxygens (including phenoxy) is 1. The Bertz CT molecular complexity index is 376. The number of rotatable bonds is 8. The van der Waals surface area contributed by atoms with Crippen molar-refractivity contribution in [2.24, 2.45) is 5.73 Å². The SMILES string of the molecule is CCCN(CCCN)C(=O)c1ccc(OCC)cc1. The zero-order chi connectivity index (χ0) is 14.1. The first-order valence-electron chi connectivity index (χ1n) is 6.95. The molecule has 0 aliphatic heterocycles. The molecule has 2 N–H and O–H groups in total. The maximum absolute atomic E-state index is 12.4. The average Bonchev–Trinajstić information content (AvgIpc) is 2.44. The number of hydrogen-bond donors (Lipinski definition) is 1. The van der Waals surface area contributed by atoms with Crippen molar-refractivity contribution in [3.8, 4) is 5.75 Å². The molecular formula is C15H24N2O2. The van der Waals surface area contributed by atoms with Gasteiger partial charge in [0.1, 0.15) is 5.75 Å². The Hall–Kier alpha value is -1.55. The van der Waals surface area contributed by atoms with Crippen LogP contribution in [-0.4, -0.2) is 37.0 Å². The lowest BCUT2D eigenvalue weighted by Gasteiger charge is -2.22. The van der Waals surface area contributed by atoms with E-state index in [9.17, 15) is 4.79 Å². The summed E-state index contributed by atoms with van der Waals surface area (Å²) in [7, 11) is 0. The van der Waals surface area contributed by atoms with E-state index in [4.69, 9.17) is 10.5 Å². The summed E-state index contributed by atoms with van der Waals surface area (Å²) in [5.41, 5.74) is 6.21. The van der Waals surface area contributed by atoms with Gasteiger partial charge in [0.25, 0.3) is 5.91 Å². The van der Waals surface area contributed by atoms with Crippen LogP contribution in [0.25, 0.3) is 0 Å². The van der Waals surface area contributed by atoms with Gasteiger partial charge in [0.2, 0.25) is 0 Å². The van der Waals surface area contributed by atoms with Crippen molar-refractivity contribution >= 4 is 5.91 Å². The van der Waals surface area contributed by atoms with Crippen LogP contribution in [0.15, 0.2) is 24.3 Å². The minimum Gasteiger partial charge on any atom is -0.494 e. The molecule has 1 amide bonds. The first-order valence-corrected chi connectivity index (χ1v) is 6.95. The molecule has 1 rings (SSSR count). The van der Waals surface area contributed by atoms with Crippen LogP contribution in [0.5, 0.6) is 5.75 Å². The smallest absolute Gasteiger partial charge is 0.253 e. The van der Waals surface area contributed by atoms with Gasteiger partial charge in [-0.2, -0.15) is 0 Å². The fourth-order valence-electron chi connectivity index (χ4n) is 1.91. The monoisotopic (exact) mass is 264 g/mol. The van der Waals surface area contributed by atoms with Gasteiger partial charge < -0.3 is 15.4 Å². The van der Waals surface area contributed by atoms with Crippen LogP contribution in [0.1, 0.15) is 37.0 Å². The predicted molar refractivity (Wildman–Crippen MR) is 77.5 cm³/mol. The van der Waals surface area contributed by atoms with E-state index in [0.717, 1.165) is 31.7 Å². The summed E-state index contributed by atoms with van der Waals surface area (Å²) in [6.07, 6.45) is 1.79. The molecule has 106 valence electrons. The van der Waals surface area contributed by atoms with Crippen molar-refractivity contribution in [1.82, 2.24) is 4.90 Å². The van der Waals surface area contributed by atoms with Crippen molar-refractivity contribution in [1.29, 1.82) is 0 Å². The second-order valence-electron chi connectivity index (χ2n) is 4.39. The third-order valence-electron chi connectivity index (χ3n) is 2.83. The topological polar surface area (TPSA) is 55.6 Å². The van der Waals surface area contributed by atoms with Crippen molar-refractivity contribution in [3.05, 3.63) is 29.8 Å². The number of nitrogens with two attached hydrogens (primary N) is 1. The summed E-state index contributed by atoms with van der Waals surface area (Å²) in [5, 5.41) is 0. The van der Waals surface area contributed by atoms with E-state index in [1.54, 1.807) is 0 Å². The molecule has 0 spiro atoms. The number of carbonyl (C=O) groups excluding carboxylic acids is 1. The van der Waals surface area contributed by atoms with Gasteiger partial charge in [-0.3, -0.25) is 4.79 Å². The summed E-state index contributed by atoms with van der Waals surface area (Å²) in [4.78, 5) is 14.2. The van der Waals surface area contributed by atoms with Gasteiger partial charge in [0.05, 0.1) is 6.61 Å². The van der Waals surface area contributed by atoms with Gasteiger partial charge in [0, 0.05) is 18.7 Å². The van der Waals surface area contributed by atoms with Gasteiger partial charge in [-0.05, 0) is 50.6 Å². The van der Waals surface area contributed by atoms with E-state index in [2.05, 4.69) is 6.92 Å². The fraction of sp³-hybridized carbons (Fsp3) is 0.533. The number of carbonyl (C=O) groups is 1. The molecule has 0 radical (unpaired) electrons. The van der Waals surface area contributed by atoms with Crippen molar-refractivity contribution < 1.29 is 9.53 Å². The Kier molecular flexibility index (Phi) is 6.97. The van der Waals surface area contributed by atoms with Gasteiger partial charge >= 0.3 is 0 Å². The number of benzene rings is 1. The van der Waals surface area contributed by atoms with Crippen LogP contribution < -0.4 is 10.5 Å². The van der Waals surface area contributed by atoms with E-state index in [0.29, 0.717) is 18.7 Å². The predicted octanol–water partition coefficient (Wildman–Crippen LogP) is 2.29. The molecule has 1 aromatic rings. The summed E-state index contributed by atoms with van der Waals surface area (Å²) >= 11 is 0. The number of amides is 1. The fourth-order valence-corrected chi connectivity index (χ4v) is 1.91. The highest BCUT2D eigenvalue weighted by molar-refractivity contribution is 5.94. The molecular weight excluding hydrogens is 240 g/mol. The average molecular weight is 264 g/mol. The van der Waals surface area contributed by atoms with E-state index >= 15 is 0 Å². The molecule has 0 bridgehead atoms. The molecule has 1 aromatic carbocycles. The minimum atomic E-state index is 0.0679. The molecule has 0 unspecified atom stereocenters. The Labute approximate surface area is 115 Å². The Morgan fingerprint density at radius 3 is 2.42 bits per heavy atom. The third kappa shape index (κ3) is 4.91. The maximum Gasteiger partial charge on any atom is 0.253 e. The first-order chi connectivity index (χ1) is 9.22. The molecule has 0 fully saturated rings. The zero-order valence-electron chi connectivity index (χ0n) is 11.9. The molecule has 19 heavy (non-hydrogen) atoms. The highest BCUT2D eigenvalue weighted by Gasteiger charge is 2.14. The van der Waals surface area contributed by atoms with Crippen LogP contribution in [0.2, 0.25) is 0 Å². The van der Waals surface area contributed by atoms with Crippen LogP contribution in [-0.2, 0) is 0 Å². The summed E-state index contributed by atoms with van der Waals surface area (Å²) in [6.45, 7) is 6.74. The quantitative estimate of drug-likeness (QED) is 0.783. The van der Waals surface area contributed by atoms with E-state index in [1.165, 1.54) is 0 Å². The van der Waals surface area contributed by atoms with Crippen LogP contribution in [0, 0.1) is 0 Å². The molecule has 0 heterocycles. The molecule has 0 saturated heterocycles. The zero-order valence-corrected chi connectivity index (χ0v) is 11.9. The first kappa shape index (κ1) is 15.5. The molecule has 0 atom stereocenters. The van der Waals surface area contributed by atoms with Gasteiger partial charge in [0.15, 0.2) is 0 Å². The van der Waals surface area contributed by atoms with Crippen molar-refractivity contribution in [2.45, 2.75) is 26.7 Å². The van der Waals surface area contributed by atoms with Crippen molar-refractivity contribution in [2.75, 3.05) is 26.2 Å². The van der Waals surface area contributed by atoms with E-state index in [1.807, 2.05) is 36.1 Å². The summed E-state index contributed by atoms with van der Waals surface area (Å²) in [6, 6.07) is 7.31. The van der Waals surface area contributed by atoms with Gasteiger partial charge in [-0.1, -0.05) is 6.92 Å². The molecule has 4 heteroatoms. The minimum absolute atomic E-state index is 0.0679. The largest absolute Gasteiger partial charge is 0.494 e. The van der Waals surface area contributed by atoms with Crippen LogP contribution in [0.4, 0.5) is 0 Å². The summed E-state index contributed by atoms with van der Waals surface area (Å²) < 4.78 is 5.37. The molecule has 4 nitrogen and oxygen atoms in total. The molecule has 0 aliphatic rings. The summed E-state index contributed by atoms with van der Waals surface area (Å²) in [5.74, 6) is 0.862. The maximum atomic E-state index is 12.4. The van der Waals surface area contributed by atoms with Gasteiger partial charge in [-0.25, -0.2) is 0 Å². The standard InChI is InChI=1S/C15H24N2O2/c1-3-11-17(12-5-10-16)15(18)13-6-8-14(9-7-13)19-4-2/h6-9H,3-5,10-12,16H2,1-2H3. The van der Waals surface area contributed by atoms with E-state index in [-0.39, 0.29) is 5.91 Å².